The summed E-state index contributed by atoms with van der Waals surface area (Å²) in [7, 11) is 1.98. The van der Waals surface area contributed by atoms with Gasteiger partial charge in [0.2, 0.25) is 0 Å². The lowest BCUT2D eigenvalue weighted by atomic mass is 10.2. The molecule has 0 spiro atoms. The average Bonchev–Trinajstić information content (AvgIpc) is 2.94. The van der Waals surface area contributed by atoms with Gasteiger partial charge in [0, 0.05) is 24.8 Å². The molecule has 0 unspecified atom stereocenters. The van der Waals surface area contributed by atoms with Crippen LogP contribution in [0.5, 0.6) is 0 Å². The highest BCUT2D eigenvalue weighted by Gasteiger charge is 2.09. The fourth-order valence-electron chi connectivity index (χ4n) is 2.47. The first-order valence-corrected chi connectivity index (χ1v) is 6.78. The molecule has 0 aliphatic carbocycles. The molecule has 104 valence electrons. The summed E-state index contributed by atoms with van der Waals surface area (Å²) < 4.78 is 1.92. The highest BCUT2D eigenvalue weighted by Crippen LogP contribution is 2.12. The molecule has 0 saturated heterocycles. The van der Waals surface area contributed by atoms with Crippen LogP contribution in [0, 0.1) is 13.8 Å². The number of benzene rings is 1. The van der Waals surface area contributed by atoms with Crippen LogP contribution >= 0.6 is 0 Å². The summed E-state index contributed by atoms with van der Waals surface area (Å²) >= 11 is 0. The van der Waals surface area contributed by atoms with Crippen LogP contribution in [0.25, 0.3) is 11.0 Å². The Morgan fingerprint density at radius 2 is 2.00 bits per heavy atom. The van der Waals surface area contributed by atoms with Crippen LogP contribution in [-0.4, -0.2) is 19.7 Å². The lowest BCUT2D eigenvalue weighted by Gasteiger charge is -2.03. The Morgan fingerprint density at radius 3 is 2.70 bits per heavy atom. The van der Waals surface area contributed by atoms with Gasteiger partial charge in [-0.25, -0.2) is 4.98 Å². The largest absolute Gasteiger partial charge is 0.341 e. The zero-order valence-corrected chi connectivity index (χ0v) is 12.1. The number of imidazole rings is 1. The monoisotopic (exact) mass is 269 g/mol. The number of aromatic amines is 1. The van der Waals surface area contributed by atoms with E-state index >= 15 is 0 Å². The minimum atomic E-state index is 0.725. The van der Waals surface area contributed by atoms with Crippen LogP contribution in [0.2, 0.25) is 0 Å². The Kier molecular flexibility index (Phi) is 3.28. The molecule has 20 heavy (non-hydrogen) atoms. The molecule has 3 aromatic rings. The van der Waals surface area contributed by atoms with Crippen LogP contribution in [0.4, 0.5) is 0 Å². The molecular formula is C15H19N5. The van der Waals surface area contributed by atoms with Crippen LogP contribution < -0.4 is 5.32 Å². The number of H-pyrrole nitrogens is 1. The first-order valence-electron chi connectivity index (χ1n) is 6.78. The van der Waals surface area contributed by atoms with Gasteiger partial charge in [-0.1, -0.05) is 12.1 Å². The highest BCUT2D eigenvalue weighted by molar-refractivity contribution is 5.74. The van der Waals surface area contributed by atoms with E-state index < -0.39 is 0 Å². The Morgan fingerprint density at radius 1 is 1.20 bits per heavy atom. The number of aryl methyl sites for hydroxylation is 2. The number of hydrogen-bond donors (Lipinski definition) is 2. The fourth-order valence-corrected chi connectivity index (χ4v) is 2.47. The van der Waals surface area contributed by atoms with Crippen molar-refractivity contribution in [3.8, 4) is 0 Å². The Hall–Kier alpha value is -2.14. The Balaban J connectivity index is 1.67. The van der Waals surface area contributed by atoms with E-state index in [1.165, 1.54) is 11.3 Å². The molecule has 5 nitrogen and oxygen atoms in total. The topological polar surface area (TPSA) is 58.5 Å². The quantitative estimate of drug-likeness (QED) is 0.763. The molecule has 0 aliphatic heterocycles. The van der Waals surface area contributed by atoms with Gasteiger partial charge < -0.3 is 10.3 Å². The lowest BCUT2D eigenvalue weighted by Crippen LogP contribution is -2.14. The van der Waals surface area contributed by atoms with E-state index in [0.29, 0.717) is 0 Å². The van der Waals surface area contributed by atoms with Crippen molar-refractivity contribution < 1.29 is 0 Å². The summed E-state index contributed by atoms with van der Waals surface area (Å²) in [6.45, 7) is 5.68. The molecule has 0 amide bonds. The second-order valence-corrected chi connectivity index (χ2v) is 5.08. The van der Waals surface area contributed by atoms with Crippen molar-refractivity contribution in [2.24, 2.45) is 7.05 Å². The second kappa shape index (κ2) is 5.09. The maximum Gasteiger partial charge on any atom is 0.121 e. The third-order valence-electron chi connectivity index (χ3n) is 3.69. The van der Waals surface area contributed by atoms with Gasteiger partial charge >= 0.3 is 0 Å². The van der Waals surface area contributed by atoms with E-state index in [1.807, 2.05) is 42.9 Å². The maximum absolute atomic E-state index is 4.56. The first kappa shape index (κ1) is 12.9. The summed E-state index contributed by atoms with van der Waals surface area (Å²) in [5.74, 6) is 0.963. The van der Waals surface area contributed by atoms with E-state index in [4.69, 9.17) is 0 Å². The molecule has 0 fully saturated rings. The zero-order chi connectivity index (χ0) is 14.1. The SMILES string of the molecule is Cc1nn(C)c(C)c1CNCc1nc2ccccc2[nH]1. The number of rotatable bonds is 4. The van der Waals surface area contributed by atoms with Gasteiger partial charge in [0.15, 0.2) is 0 Å². The summed E-state index contributed by atoms with van der Waals surface area (Å²) in [5.41, 5.74) is 5.65. The van der Waals surface area contributed by atoms with E-state index in [0.717, 1.165) is 35.6 Å². The minimum Gasteiger partial charge on any atom is -0.341 e. The fraction of sp³-hybridized carbons (Fsp3) is 0.333. The van der Waals surface area contributed by atoms with E-state index in [-0.39, 0.29) is 0 Å². The van der Waals surface area contributed by atoms with Crippen molar-refractivity contribution in [2.45, 2.75) is 26.9 Å². The van der Waals surface area contributed by atoms with Crippen molar-refractivity contribution in [3.63, 3.8) is 0 Å². The van der Waals surface area contributed by atoms with Crippen LogP contribution in [0.1, 0.15) is 22.8 Å². The lowest BCUT2D eigenvalue weighted by molar-refractivity contribution is 0.663. The van der Waals surface area contributed by atoms with Gasteiger partial charge in [-0.05, 0) is 26.0 Å². The van der Waals surface area contributed by atoms with Gasteiger partial charge in [0.25, 0.3) is 0 Å². The van der Waals surface area contributed by atoms with E-state index in [9.17, 15) is 0 Å². The molecule has 0 saturated carbocycles. The smallest absolute Gasteiger partial charge is 0.121 e. The van der Waals surface area contributed by atoms with Crippen molar-refractivity contribution in [2.75, 3.05) is 0 Å². The van der Waals surface area contributed by atoms with Crippen LogP contribution in [0.3, 0.4) is 0 Å². The van der Waals surface area contributed by atoms with Gasteiger partial charge in [-0.3, -0.25) is 4.68 Å². The summed E-state index contributed by atoms with van der Waals surface area (Å²) in [6.07, 6.45) is 0. The predicted molar refractivity (Wildman–Crippen MR) is 79.3 cm³/mol. The van der Waals surface area contributed by atoms with Gasteiger partial charge in [-0.15, -0.1) is 0 Å². The summed E-state index contributed by atoms with van der Waals surface area (Å²) in [5, 5.41) is 7.85. The van der Waals surface area contributed by atoms with Crippen molar-refractivity contribution in [1.29, 1.82) is 0 Å². The number of hydrogen-bond acceptors (Lipinski definition) is 3. The Bertz CT molecular complexity index is 705. The maximum atomic E-state index is 4.56. The number of fused-ring (bicyclic) bond motifs is 1. The normalized spacial score (nSPS) is 11.3. The highest BCUT2D eigenvalue weighted by atomic mass is 15.3. The Labute approximate surface area is 118 Å². The van der Waals surface area contributed by atoms with E-state index in [2.05, 4.69) is 27.3 Å². The molecule has 2 N–H and O–H groups in total. The average molecular weight is 269 g/mol. The molecule has 2 heterocycles. The third-order valence-corrected chi connectivity index (χ3v) is 3.69. The third kappa shape index (κ3) is 2.32. The molecule has 1 aromatic carbocycles. The van der Waals surface area contributed by atoms with Gasteiger partial charge in [0.05, 0.1) is 23.3 Å². The number of nitrogens with zero attached hydrogens (tertiary/aromatic N) is 3. The standard InChI is InChI=1S/C15H19N5/c1-10-12(11(2)20(3)19-10)8-16-9-15-17-13-6-4-5-7-14(13)18-15/h4-7,16H,8-9H2,1-3H3,(H,17,18). The molecule has 0 radical (unpaired) electrons. The molecule has 5 heteroatoms. The molecule has 0 atom stereocenters. The zero-order valence-electron chi connectivity index (χ0n) is 12.1. The predicted octanol–water partition coefficient (Wildman–Crippen LogP) is 2.20. The van der Waals surface area contributed by atoms with Crippen molar-refractivity contribution in [1.82, 2.24) is 25.1 Å². The van der Waals surface area contributed by atoms with Crippen molar-refractivity contribution in [3.05, 3.63) is 47.0 Å². The molecular weight excluding hydrogens is 250 g/mol. The number of para-hydroxylation sites is 2. The van der Waals surface area contributed by atoms with Crippen LogP contribution in [-0.2, 0) is 20.1 Å². The van der Waals surface area contributed by atoms with Crippen LogP contribution in [0.15, 0.2) is 24.3 Å². The van der Waals surface area contributed by atoms with Crippen molar-refractivity contribution >= 4 is 11.0 Å². The van der Waals surface area contributed by atoms with E-state index in [1.54, 1.807) is 0 Å². The molecule has 0 aliphatic rings. The second-order valence-electron chi connectivity index (χ2n) is 5.08. The first-order chi connectivity index (χ1) is 9.65. The van der Waals surface area contributed by atoms with Gasteiger partial charge in [-0.2, -0.15) is 5.10 Å². The molecule has 2 aromatic heterocycles. The molecule has 0 bridgehead atoms. The number of nitrogens with one attached hydrogen (secondary N) is 2. The molecule has 3 rings (SSSR count). The number of aromatic nitrogens is 4. The minimum absolute atomic E-state index is 0.725. The van der Waals surface area contributed by atoms with Gasteiger partial charge in [0.1, 0.15) is 5.82 Å². The summed E-state index contributed by atoms with van der Waals surface area (Å²) in [4.78, 5) is 7.88. The summed E-state index contributed by atoms with van der Waals surface area (Å²) in [6, 6.07) is 8.08.